The summed E-state index contributed by atoms with van der Waals surface area (Å²) in [5.74, 6) is -0.213. The molecule has 0 aromatic rings. The monoisotopic (exact) mass is 264 g/mol. The van der Waals surface area contributed by atoms with Crippen LogP contribution in [0.1, 0.15) is 58.3 Å². The topological polar surface area (TPSA) is 43.4 Å². The number of hydrogen-bond donors (Lipinski definition) is 0. The molecule has 0 aliphatic carbocycles. The fourth-order valence-electron chi connectivity index (χ4n) is 2.11. The van der Waals surface area contributed by atoms with Crippen LogP contribution < -0.4 is 0 Å². The van der Waals surface area contributed by atoms with Crippen molar-refractivity contribution in [2.75, 3.05) is 0 Å². The minimum Gasteiger partial charge on any atom is -0.460 e. The van der Waals surface area contributed by atoms with Crippen molar-refractivity contribution in [3.8, 4) is 0 Å². The van der Waals surface area contributed by atoms with Crippen molar-refractivity contribution in [3.05, 3.63) is 24.3 Å². The van der Waals surface area contributed by atoms with E-state index >= 15 is 0 Å². The lowest BCUT2D eigenvalue weighted by atomic mass is 10.1. The van der Waals surface area contributed by atoms with Gasteiger partial charge in [0.2, 0.25) is 0 Å². The van der Waals surface area contributed by atoms with Crippen LogP contribution in [0.25, 0.3) is 0 Å². The highest BCUT2D eigenvalue weighted by Crippen LogP contribution is 2.12. The molecule has 1 rings (SSSR count). The second-order valence-corrected chi connectivity index (χ2v) is 5.09. The second kappa shape index (κ2) is 9.54. The molecule has 0 bridgehead atoms. The zero-order valence-electron chi connectivity index (χ0n) is 11.8. The van der Waals surface area contributed by atoms with Gasteiger partial charge in [-0.05, 0) is 32.3 Å². The highest BCUT2D eigenvalue weighted by molar-refractivity contribution is 5.90. The van der Waals surface area contributed by atoms with Crippen LogP contribution in [0.3, 0.4) is 0 Å². The standard InChI is InChI=1S/C16H24O3/c1-14-10-6-4-2-3-5-7-11-15(17)12-8-9-13-16(18)19-14/h8-9,12-14H,2-7,10-11H2,1H3/b12-8-,13-9+. The van der Waals surface area contributed by atoms with E-state index in [1.807, 2.05) is 6.92 Å². The molecule has 1 unspecified atom stereocenters. The maximum absolute atomic E-state index is 11.5. The number of carbonyl (C=O) groups is 2. The van der Waals surface area contributed by atoms with Crippen LogP contribution in [0.15, 0.2) is 24.3 Å². The molecule has 0 aromatic carbocycles. The molecular weight excluding hydrogens is 240 g/mol. The van der Waals surface area contributed by atoms with Gasteiger partial charge in [0.1, 0.15) is 0 Å². The molecule has 0 saturated heterocycles. The van der Waals surface area contributed by atoms with E-state index in [9.17, 15) is 9.59 Å². The molecule has 1 heterocycles. The third kappa shape index (κ3) is 8.36. The molecular formula is C16H24O3. The van der Waals surface area contributed by atoms with E-state index in [4.69, 9.17) is 4.74 Å². The number of hydrogen-bond acceptors (Lipinski definition) is 3. The summed E-state index contributed by atoms with van der Waals surface area (Å²) < 4.78 is 5.23. The Balaban J connectivity index is 2.49. The summed E-state index contributed by atoms with van der Waals surface area (Å²) in [6.45, 7) is 1.92. The van der Waals surface area contributed by atoms with E-state index in [1.165, 1.54) is 31.4 Å². The molecule has 3 nitrogen and oxygen atoms in total. The third-order valence-electron chi connectivity index (χ3n) is 3.23. The molecule has 0 aromatic heterocycles. The summed E-state index contributed by atoms with van der Waals surface area (Å²) in [4.78, 5) is 22.9. The normalized spacial score (nSPS) is 27.5. The number of allylic oxidation sites excluding steroid dienone is 3. The maximum atomic E-state index is 11.5. The predicted octanol–water partition coefficient (Wildman–Crippen LogP) is 3.73. The molecule has 1 atom stereocenters. The van der Waals surface area contributed by atoms with E-state index in [1.54, 1.807) is 12.2 Å². The zero-order valence-corrected chi connectivity index (χ0v) is 11.8. The largest absolute Gasteiger partial charge is 0.460 e. The first kappa shape index (κ1) is 15.7. The first-order valence-corrected chi connectivity index (χ1v) is 7.26. The van der Waals surface area contributed by atoms with Crippen LogP contribution in [-0.4, -0.2) is 17.9 Å². The van der Waals surface area contributed by atoms with E-state index in [0.29, 0.717) is 6.42 Å². The Morgan fingerprint density at radius 1 is 0.947 bits per heavy atom. The molecule has 1 aliphatic heterocycles. The average Bonchev–Trinajstić information content (AvgIpc) is 2.36. The zero-order chi connectivity index (χ0) is 13.9. The van der Waals surface area contributed by atoms with Crippen molar-refractivity contribution in [2.24, 2.45) is 0 Å². The lowest BCUT2D eigenvalue weighted by Gasteiger charge is -2.11. The van der Waals surface area contributed by atoms with Crippen LogP contribution in [0, 0.1) is 0 Å². The van der Waals surface area contributed by atoms with Gasteiger partial charge in [0.25, 0.3) is 0 Å². The van der Waals surface area contributed by atoms with Crippen LogP contribution in [0.5, 0.6) is 0 Å². The first-order chi connectivity index (χ1) is 9.18. The highest BCUT2D eigenvalue weighted by atomic mass is 16.5. The summed E-state index contributed by atoms with van der Waals surface area (Å²) in [7, 11) is 0. The highest BCUT2D eigenvalue weighted by Gasteiger charge is 2.06. The number of cyclic esters (lactones) is 1. The number of esters is 1. The molecule has 1 aliphatic rings. The Hall–Kier alpha value is -1.38. The minimum atomic E-state index is -0.336. The Bertz CT molecular complexity index is 342. The lowest BCUT2D eigenvalue weighted by molar-refractivity contribution is -0.142. The Morgan fingerprint density at radius 3 is 2.37 bits per heavy atom. The van der Waals surface area contributed by atoms with E-state index in [0.717, 1.165) is 25.7 Å². The van der Waals surface area contributed by atoms with Crippen LogP contribution in [-0.2, 0) is 14.3 Å². The molecule has 3 heteroatoms. The van der Waals surface area contributed by atoms with Gasteiger partial charge in [-0.1, -0.05) is 37.8 Å². The van der Waals surface area contributed by atoms with Gasteiger partial charge in [0.05, 0.1) is 6.10 Å². The fourth-order valence-corrected chi connectivity index (χ4v) is 2.11. The molecule has 0 spiro atoms. The predicted molar refractivity (Wildman–Crippen MR) is 75.8 cm³/mol. The summed E-state index contributed by atoms with van der Waals surface area (Å²) in [5, 5.41) is 0. The van der Waals surface area contributed by atoms with E-state index < -0.39 is 0 Å². The second-order valence-electron chi connectivity index (χ2n) is 5.09. The fraction of sp³-hybridized carbons (Fsp3) is 0.625. The van der Waals surface area contributed by atoms with Crippen LogP contribution >= 0.6 is 0 Å². The van der Waals surface area contributed by atoms with Gasteiger partial charge < -0.3 is 4.74 Å². The lowest BCUT2D eigenvalue weighted by Crippen LogP contribution is -2.12. The van der Waals surface area contributed by atoms with Gasteiger partial charge in [0.15, 0.2) is 5.78 Å². The molecule has 0 radical (unpaired) electrons. The average molecular weight is 264 g/mol. The van der Waals surface area contributed by atoms with Gasteiger partial charge in [-0.2, -0.15) is 0 Å². The summed E-state index contributed by atoms with van der Waals surface area (Å²) in [5.41, 5.74) is 0. The summed E-state index contributed by atoms with van der Waals surface area (Å²) >= 11 is 0. The van der Waals surface area contributed by atoms with Crippen molar-refractivity contribution < 1.29 is 14.3 Å². The Labute approximate surface area is 115 Å². The third-order valence-corrected chi connectivity index (χ3v) is 3.23. The number of rotatable bonds is 0. The summed E-state index contributed by atoms with van der Waals surface area (Å²) in [6.07, 6.45) is 14.3. The van der Waals surface area contributed by atoms with Crippen LogP contribution in [0.4, 0.5) is 0 Å². The summed E-state index contributed by atoms with van der Waals surface area (Å²) in [6, 6.07) is 0. The molecule has 19 heavy (non-hydrogen) atoms. The van der Waals surface area contributed by atoms with E-state index in [-0.39, 0.29) is 17.9 Å². The smallest absolute Gasteiger partial charge is 0.331 e. The number of ether oxygens (including phenoxy) is 1. The van der Waals surface area contributed by atoms with Crippen molar-refractivity contribution in [1.29, 1.82) is 0 Å². The van der Waals surface area contributed by atoms with Crippen molar-refractivity contribution >= 4 is 11.8 Å². The quantitative estimate of drug-likeness (QED) is 0.626. The number of ketones is 1. The molecule has 0 fully saturated rings. The van der Waals surface area contributed by atoms with E-state index in [2.05, 4.69) is 0 Å². The minimum absolute atomic E-state index is 0.0318. The first-order valence-electron chi connectivity index (χ1n) is 7.26. The van der Waals surface area contributed by atoms with Gasteiger partial charge in [-0.25, -0.2) is 4.79 Å². The molecule has 0 N–H and O–H groups in total. The maximum Gasteiger partial charge on any atom is 0.331 e. The number of carbonyl (C=O) groups excluding carboxylic acids is 2. The SMILES string of the molecule is CC1CCCCCCCCC(=O)/C=C\C=C\C(=O)O1. The van der Waals surface area contributed by atoms with Gasteiger partial charge >= 0.3 is 5.97 Å². The molecule has 0 amide bonds. The van der Waals surface area contributed by atoms with Crippen LogP contribution in [0.2, 0.25) is 0 Å². The Kier molecular flexibility index (Phi) is 7.87. The van der Waals surface area contributed by atoms with Gasteiger partial charge in [0, 0.05) is 12.5 Å². The molecule has 0 saturated carbocycles. The Morgan fingerprint density at radius 2 is 1.58 bits per heavy atom. The molecule has 106 valence electrons. The van der Waals surface area contributed by atoms with Crippen molar-refractivity contribution in [3.63, 3.8) is 0 Å². The van der Waals surface area contributed by atoms with Gasteiger partial charge in [-0.15, -0.1) is 0 Å². The van der Waals surface area contributed by atoms with Crippen molar-refractivity contribution in [1.82, 2.24) is 0 Å². The van der Waals surface area contributed by atoms with Crippen molar-refractivity contribution in [2.45, 2.75) is 64.4 Å². The van der Waals surface area contributed by atoms with Gasteiger partial charge in [-0.3, -0.25) is 4.79 Å².